The first kappa shape index (κ1) is 19.3. The number of nitrogens with one attached hydrogen (secondary N) is 1. The van der Waals surface area contributed by atoms with Crippen LogP contribution in [0.2, 0.25) is 0 Å². The summed E-state index contributed by atoms with van der Waals surface area (Å²) in [5.74, 6) is 2.30. The van der Waals surface area contributed by atoms with E-state index in [-0.39, 0.29) is 18.5 Å². The molecule has 148 valence electrons. The minimum Gasteiger partial charge on any atom is -0.385 e. The van der Waals surface area contributed by atoms with E-state index in [2.05, 4.69) is 34.3 Å². The third-order valence-electron chi connectivity index (χ3n) is 4.89. The fourth-order valence-corrected chi connectivity index (χ4v) is 3.35. The van der Waals surface area contributed by atoms with Gasteiger partial charge in [0.2, 0.25) is 5.89 Å². The van der Waals surface area contributed by atoms with Crippen LogP contribution in [0, 0.1) is 11.8 Å². The van der Waals surface area contributed by atoms with Gasteiger partial charge in [-0.3, -0.25) is 0 Å². The van der Waals surface area contributed by atoms with Crippen LogP contribution in [0.3, 0.4) is 0 Å². The second-order valence-corrected chi connectivity index (χ2v) is 7.53. The van der Waals surface area contributed by atoms with E-state index in [4.69, 9.17) is 4.52 Å². The largest absolute Gasteiger partial charge is 0.385 e. The number of aryl methyl sites for hydroxylation is 1. The molecule has 2 N–H and O–H groups in total. The Morgan fingerprint density at radius 1 is 1.41 bits per heavy atom. The predicted octanol–water partition coefficient (Wildman–Crippen LogP) is 1.66. The van der Waals surface area contributed by atoms with Crippen molar-refractivity contribution in [3.8, 4) is 0 Å². The number of carbonyl (C=O) groups is 1. The first-order chi connectivity index (χ1) is 12.9. The van der Waals surface area contributed by atoms with Crippen LogP contribution in [0.15, 0.2) is 16.9 Å². The second-order valence-electron chi connectivity index (χ2n) is 7.53. The molecule has 0 unspecified atom stereocenters. The molecule has 0 bridgehead atoms. The molecule has 3 rings (SSSR count). The van der Waals surface area contributed by atoms with Gasteiger partial charge in [-0.05, 0) is 24.7 Å². The molecule has 0 aromatic carbocycles. The van der Waals surface area contributed by atoms with Crippen LogP contribution in [-0.4, -0.2) is 48.8 Å². The molecule has 27 heavy (non-hydrogen) atoms. The maximum Gasteiger partial charge on any atom is 0.317 e. The van der Waals surface area contributed by atoms with Gasteiger partial charge in [0, 0.05) is 39.0 Å². The minimum atomic E-state index is -0.603. The lowest BCUT2D eigenvalue weighted by atomic mass is 9.91. The number of carbonyl (C=O) groups excluding carboxylic acids is 1. The third-order valence-corrected chi connectivity index (χ3v) is 4.89. The van der Waals surface area contributed by atoms with Crippen LogP contribution >= 0.6 is 0 Å². The van der Waals surface area contributed by atoms with Gasteiger partial charge in [-0.25, -0.2) is 9.78 Å². The maximum absolute atomic E-state index is 12.4. The van der Waals surface area contributed by atoms with Gasteiger partial charge in [0.05, 0.1) is 6.54 Å². The van der Waals surface area contributed by atoms with Crippen molar-refractivity contribution in [2.75, 3.05) is 13.1 Å². The fourth-order valence-electron chi connectivity index (χ4n) is 3.35. The molecule has 2 amide bonds. The first-order valence-corrected chi connectivity index (χ1v) is 9.43. The molecular formula is C18H28N6O3. The lowest BCUT2D eigenvalue weighted by Gasteiger charge is -2.33. The van der Waals surface area contributed by atoms with Crippen molar-refractivity contribution in [1.29, 1.82) is 0 Å². The van der Waals surface area contributed by atoms with Crippen molar-refractivity contribution in [3.63, 3.8) is 0 Å². The number of imidazole rings is 1. The molecule has 1 saturated heterocycles. The Hall–Kier alpha value is -2.42. The van der Waals surface area contributed by atoms with Crippen molar-refractivity contribution in [1.82, 2.24) is 29.9 Å². The lowest BCUT2D eigenvalue weighted by molar-refractivity contribution is 0.0583. The molecule has 0 radical (unpaired) electrons. The number of hydrogen-bond acceptors (Lipinski definition) is 6. The van der Waals surface area contributed by atoms with Crippen LogP contribution in [-0.2, 0) is 20.0 Å². The Morgan fingerprint density at radius 2 is 2.15 bits per heavy atom. The Labute approximate surface area is 158 Å². The quantitative estimate of drug-likeness (QED) is 0.793. The molecule has 1 atom stereocenters. The summed E-state index contributed by atoms with van der Waals surface area (Å²) >= 11 is 0. The molecule has 1 aliphatic rings. The van der Waals surface area contributed by atoms with E-state index < -0.39 is 6.10 Å². The zero-order valence-corrected chi connectivity index (χ0v) is 16.1. The van der Waals surface area contributed by atoms with E-state index in [0.717, 1.165) is 19.3 Å². The van der Waals surface area contributed by atoms with E-state index in [1.54, 1.807) is 11.1 Å². The van der Waals surface area contributed by atoms with E-state index in [0.29, 0.717) is 36.5 Å². The standard InChI is InChI=1S/C18H28N6O3/c1-12(2)10-15-21-14(22-27-15)11-20-18(26)24-7-4-13(5-8-24)16(25)17-19-6-9-23(17)3/h6,9,12-13,16,25H,4-5,7-8,10-11H2,1-3H3,(H,20,26)/t16-/m1/s1. The molecule has 0 spiro atoms. The Bertz CT molecular complexity index is 748. The second kappa shape index (κ2) is 8.51. The number of rotatable bonds is 6. The SMILES string of the molecule is CC(C)Cc1nc(CNC(=O)N2CCC([C@@H](O)c3nccn3C)CC2)no1. The summed E-state index contributed by atoms with van der Waals surface area (Å²) in [5, 5.41) is 17.3. The summed E-state index contributed by atoms with van der Waals surface area (Å²) in [5.41, 5.74) is 0. The number of hydrogen-bond donors (Lipinski definition) is 2. The van der Waals surface area contributed by atoms with Gasteiger partial charge in [0.15, 0.2) is 5.82 Å². The lowest BCUT2D eigenvalue weighted by Crippen LogP contribution is -2.45. The molecule has 2 aromatic heterocycles. The third kappa shape index (κ3) is 4.85. The van der Waals surface area contributed by atoms with Crippen LogP contribution < -0.4 is 5.32 Å². The summed E-state index contributed by atoms with van der Waals surface area (Å²) in [7, 11) is 1.87. The number of urea groups is 1. The zero-order valence-electron chi connectivity index (χ0n) is 16.1. The van der Waals surface area contributed by atoms with Gasteiger partial charge in [-0.1, -0.05) is 19.0 Å². The Balaban J connectivity index is 1.44. The normalized spacial score (nSPS) is 16.7. The van der Waals surface area contributed by atoms with Gasteiger partial charge < -0.3 is 24.4 Å². The van der Waals surface area contributed by atoms with Gasteiger partial charge in [0.25, 0.3) is 0 Å². The molecule has 0 aliphatic carbocycles. The van der Waals surface area contributed by atoms with Crippen LogP contribution in [0.4, 0.5) is 4.79 Å². The number of aliphatic hydroxyl groups is 1. The number of nitrogens with zero attached hydrogens (tertiary/aromatic N) is 5. The smallest absolute Gasteiger partial charge is 0.317 e. The Kier molecular flexibility index (Phi) is 6.10. The van der Waals surface area contributed by atoms with E-state index in [9.17, 15) is 9.90 Å². The number of aliphatic hydroxyl groups excluding tert-OH is 1. The van der Waals surface area contributed by atoms with Crippen LogP contribution in [0.5, 0.6) is 0 Å². The van der Waals surface area contributed by atoms with Gasteiger partial charge in [0.1, 0.15) is 11.9 Å². The molecule has 0 saturated carbocycles. The first-order valence-electron chi connectivity index (χ1n) is 9.43. The number of amides is 2. The summed E-state index contributed by atoms with van der Waals surface area (Å²) in [6.45, 7) is 5.61. The van der Waals surface area contributed by atoms with Gasteiger partial charge in [-0.2, -0.15) is 4.98 Å². The molecule has 9 heteroatoms. The summed E-state index contributed by atoms with van der Waals surface area (Å²) < 4.78 is 7.01. The van der Waals surface area contributed by atoms with Crippen molar-refractivity contribution in [2.24, 2.45) is 18.9 Å². The molecule has 9 nitrogen and oxygen atoms in total. The summed E-state index contributed by atoms with van der Waals surface area (Å²) in [6, 6.07) is -0.143. The number of aromatic nitrogens is 4. The van der Waals surface area contributed by atoms with Crippen LogP contribution in [0.25, 0.3) is 0 Å². The van der Waals surface area contributed by atoms with Crippen molar-refractivity contribution in [2.45, 2.75) is 45.8 Å². The highest BCUT2D eigenvalue weighted by molar-refractivity contribution is 5.74. The predicted molar refractivity (Wildman–Crippen MR) is 97.5 cm³/mol. The van der Waals surface area contributed by atoms with Crippen molar-refractivity contribution >= 4 is 6.03 Å². The van der Waals surface area contributed by atoms with Crippen molar-refractivity contribution < 1.29 is 14.4 Å². The van der Waals surface area contributed by atoms with Crippen molar-refractivity contribution in [3.05, 3.63) is 29.9 Å². The van der Waals surface area contributed by atoms with E-state index in [1.165, 1.54) is 0 Å². The van der Waals surface area contributed by atoms with Crippen LogP contribution in [0.1, 0.15) is 50.3 Å². The number of likely N-dealkylation sites (tertiary alicyclic amines) is 1. The zero-order chi connectivity index (χ0) is 19.4. The summed E-state index contributed by atoms with van der Waals surface area (Å²) in [6.07, 6.45) is 5.11. The molecule has 1 fully saturated rings. The highest BCUT2D eigenvalue weighted by atomic mass is 16.5. The molecule has 1 aliphatic heterocycles. The molecular weight excluding hydrogens is 348 g/mol. The maximum atomic E-state index is 12.4. The van der Waals surface area contributed by atoms with Gasteiger partial charge in [-0.15, -0.1) is 0 Å². The van der Waals surface area contributed by atoms with E-state index >= 15 is 0 Å². The van der Waals surface area contributed by atoms with Gasteiger partial charge >= 0.3 is 6.03 Å². The topological polar surface area (TPSA) is 109 Å². The molecule has 2 aromatic rings. The monoisotopic (exact) mass is 376 g/mol. The minimum absolute atomic E-state index is 0.103. The van der Waals surface area contributed by atoms with E-state index in [1.807, 2.05) is 17.8 Å². The average Bonchev–Trinajstić information content (AvgIpc) is 3.27. The fraction of sp³-hybridized carbons (Fsp3) is 0.667. The highest BCUT2D eigenvalue weighted by Gasteiger charge is 2.30. The molecule has 3 heterocycles. The average molecular weight is 376 g/mol. The number of piperidine rings is 1. The Morgan fingerprint density at radius 3 is 2.78 bits per heavy atom. The highest BCUT2D eigenvalue weighted by Crippen LogP contribution is 2.29. The summed E-state index contributed by atoms with van der Waals surface area (Å²) in [4.78, 5) is 22.6.